The fourth-order valence-electron chi connectivity index (χ4n) is 2.69. The van der Waals surface area contributed by atoms with Gasteiger partial charge >= 0.3 is 14.2 Å². The zero-order valence-electron chi connectivity index (χ0n) is 13.3. The molecule has 6 heteroatoms. The van der Waals surface area contributed by atoms with Crippen LogP contribution in [0.15, 0.2) is 36.4 Å². The highest BCUT2D eigenvalue weighted by atomic mass is 16.7. The van der Waals surface area contributed by atoms with E-state index in [1.165, 1.54) is 0 Å². The minimum atomic E-state index is -1.53. The van der Waals surface area contributed by atoms with Crippen LogP contribution in [-0.2, 0) is 9.31 Å². The molecule has 1 aliphatic rings. The van der Waals surface area contributed by atoms with Gasteiger partial charge in [0.25, 0.3) is 0 Å². The van der Waals surface area contributed by atoms with Crippen LogP contribution in [0.1, 0.15) is 27.7 Å². The van der Waals surface area contributed by atoms with Crippen molar-refractivity contribution in [1.29, 1.82) is 0 Å². The molecule has 0 amide bonds. The van der Waals surface area contributed by atoms with Gasteiger partial charge in [0.05, 0.1) is 11.2 Å². The van der Waals surface area contributed by atoms with E-state index in [0.29, 0.717) is 5.46 Å². The molecule has 4 nitrogen and oxygen atoms in total. The summed E-state index contributed by atoms with van der Waals surface area (Å²) < 4.78 is 12.1. The van der Waals surface area contributed by atoms with Gasteiger partial charge < -0.3 is 19.4 Å². The van der Waals surface area contributed by atoms with Gasteiger partial charge in [-0.2, -0.15) is 0 Å². The third-order valence-electron chi connectivity index (χ3n) is 4.72. The maximum Gasteiger partial charge on any atom is 0.494 e. The average Bonchev–Trinajstić information content (AvgIpc) is 2.66. The summed E-state index contributed by atoms with van der Waals surface area (Å²) in [6.07, 6.45) is 0. The third kappa shape index (κ3) is 2.46. The minimum Gasteiger partial charge on any atom is -0.423 e. The van der Waals surface area contributed by atoms with E-state index >= 15 is 0 Å². The molecule has 0 radical (unpaired) electrons. The molecule has 22 heavy (non-hydrogen) atoms. The molecule has 0 aliphatic carbocycles. The standard InChI is InChI=1S/C16H20B2O4/c1-15(2)16(3,4)22-18(21-15)12-9-11-7-5-6-8-13(11)14(10-12)17(19)20/h5-10,19-20H,1-4H3. The second-order valence-electron chi connectivity index (χ2n) is 6.79. The third-order valence-corrected chi connectivity index (χ3v) is 4.72. The summed E-state index contributed by atoms with van der Waals surface area (Å²) in [6.45, 7) is 7.98. The van der Waals surface area contributed by atoms with Crippen LogP contribution in [0.4, 0.5) is 0 Å². The predicted octanol–water partition coefficient (Wildman–Crippen LogP) is 0.819. The highest BCUT2D eigenvalue weighted by Gasteiger charge is 2.51. The average molecular weight is 298 g/mol. The summed E-state index contributed by atoms with van der Waals surface area (Å²) >= 11 is 0. The molecule has 1 saturated heterocycles. The Kier molecular flexibility index (Phi) is 3.61. The molecule has 0 bridgehead atoms. The summed E-state index contributed by atoms with van der Waals surface area (Å²) in [5.41, 5.74) is 0.395. The summed E-state index contributed by atoms with van der Waals surface area (Å²) in [4.78, 5) is 0. The fourth-order valence-corrected chi connectivity index (χ4v) is 2.69. The van der Waals surface area contributed by atoms with Crippen molar-refractivity contribution in [2.24, 2.45) is 0 Å². The summed E-state index contributed by atoms with van der Waals surface area (Å²) in [5, 5.41) is 21.1. The maximum atomic E-state index is 9.67. The Balaban J connectivity index is 2.09. The molecule has 3 rings (SSSR count). The monoisotopic (exact) mass is 298 g/mol. The lowest BCUT2D eigenvalue weighted by molar-refractivity contribution is 0.00578. The molecular formula is C16H20B2O4. The number of benzene rings is 2. The minimum absolute atomic E-state index is 0.429. The Labute approximate surface area is 131 Å². The van der Waals surface area contributed by atoms with Crippen molar-refractivity contribution in [2.75, 3.05) is 0 Å². The second kappa shape index (κ2) is 5.10. The molecule has 114 valence electrons. The van der Waals surface area contributed by atoms with Crippen molar-refractivity contribution in [3.05, 3.63) is 36.4 Å². The van der Waals surface area contributed by atoms with Crippen LogP contribution in [0.2, 0.25) is 0 Å². The van der Waals surface area contributed by atoms with Gasteiger partial charge in [0.1, 0.15) is 0 Å². The highest BCUT2D eigenvalue weighted by Crippen LogP contribution is 2.36. The van der Waals surface area contributed by atoms with Crippen molar-refractivity contribution in [3.63, 3.8) is 0 Å². The maximum absolute atomic E-state index is 9.67. The second-order valence-corrected chi connectivity index (χ2v) is 6.79. The van der Waals surface area contributed by atoms with Crippen molar-refractivity contribution in [2.45, 2.75) is 38.9 Å². The van der Waals surface area contributed by atoms with Gasteiger partial charge in [-0.05, 0) is 49.4 Å². The van der Waals surface area contributed by atoms with E-state index in [2.05, 4.69) is 0 Å². The Bertz CT molecular complexity index is 696. The molecule has 0 spiro atoms. The smallest absolute Gasteiger partial charge is 0.423 e. The first-order valence-corrected chi connectivity index (χ1v) is 7.46. The van der Waals surface area contributed by atoms with Crippen LogP contribution >= 0.6 is 0 Å². The molecule has 0 unspecified atom stereocenters. The number of hydrogen-bond donors (Lipinski definition) is 2. The van der Waals surface area contributed by atoms with Gasteiger partial charge in [0.15, 0.2) is 0 Å². The Morgan fingerprint density at radius 2 is 1.55 bits per heavy atom. The molecule has 2 aromatic carbocycles. The Hall–Kier alpha value is -1.33. The quantitative estimate of drug-likeness (QED) is 0.806. The summed E-state index contributed by atoms with van der Waals surface area (Å²) in [7, 11) is -2.06. The van der Waals surface area contributed by atoms with E-state index in [1.807, 2.05) is 58.0 Å². The first-order valence-electron chi connectivity index (χ1n) is 7.46. The molecule has 2 aromatic rings. The van der Waals surface area contributed by atoms with Gasteiger partial charge in [-0.25, -0.2) is 0 Å². The molecule has 0 saturated carbocycles. The van der Waals surface area contributed by atoms with Crippen LogP contribution in [0, 0.1) is 0 Å². The number of fused-ring (bicyclic) bond motifs is 1. The van der Waals surface area contributed by atoms with Crippen molar-refractivity contribution in [1.82, 2.24) is 0 Å². The predicted molar refractivity (Wildman–Crippen MR) is 89.5 cm³/mol. The first-order chi connectivity index (χ1) is 10.2. The van der Waals surface area contributed by atoms with Gasteiger partial charge in [-0.1, -0.05) is 36.4 Å². The number of hydrogen-bond acceptors (Lipinski definition) is 4. The lowest BCUT2D eigenvalue weighted by Gasteiger charge is -2.32. The van der Waals surface area contributed by atoms with Gasteiger partial charge in [0, 0.05) is 0 Å². The van der Waals surface area contributed by atoms with E-state index in [-0.39, 0.29) is 0 Å². The zero-order valence-corrected chi connectivity index (χ0v) is 13.3. The molecule has 1 fully saturated rings. The molecular weight excluding hydrogens is 278 g/mol. The van der Waals surface area contributed by atoms with Gasteiger partial charge in [-0.3, -0.25) is 0 Å². The zero-order chi connectivity index (χ0) is 16.1. The number of rotatable bonds is 2. The van der Waals surface area contributed by atoms with Crippen LogP contribution in [-0.4, -0.2) is 35.5 Å². The van der Waals surface area contributed by atoms with Gasteiger partial charge in [0.2, 0.25) is 0 Å². The molecule has 0 atom stereocenters. The van der Waals surface area contributed by atoms with Crippen molar-refractivity contribution < 1.29 is 19.4 Å². The molecule has 2 N–H and O–H groups in total. The fraction of sp³-hybridized carbons (Fsp3) is 0.375. The molecule has 1 aliphatic heterocycles. The van der Waals surface area contributed by atoms with E-state index < -0.39 is 25.4 Å². The normalized spacial score (nSPS) is 19.6. The SMILES string of the molecule is CC1(C)OB(c2cc(B(O)O)c3ccccc3c2)OC1(C)C. The summed E-state index contributed by atoms with van der Waals surface area (Å²) in [5.74, 6) is 0. The summed E-state index contributed by atoms with van der Waals surface area (Å²) in [6, 6.07) is 11.3. The van der Waals surface area contributed by atoms with Crippen molar-refractivity contribution >= 4 is 35.9 Å². The van der Waals surface area contributed by atoms with E-state index in [0.717, 1.165) is 16.2 Å². The molecule has 1 heterocycles. The largest absolute Gasteiger partial charge is 0.494 e. The van der Waals surface area contributed by atoms with Crippen LogP contribution in [0.3, 0.4) is 0 Å². The molecule has 0 aromatic heterocycles. The van der Waals surface area contributed by atoms with Crippen LogP contribution in [0.5, 0.6) is 0 Å². The lowest BCUT2D eigenvalue weighted by atomic mass is 9.70. The highest BCUT2D eigenvalue weighted by molar-refractivity contribution is 6.66. The van der Waals surface area contributed by atoms with Gasteiger partial charge in [-0.15, -0.1) is 0 Å². The van der Waals surface area contributed by atoms with Crippen LogP contribution < -0.4 is 10.9 Å². The van der Waals surface area contributed by atoms with Crippen molar-refractivity contribution in [3.8, 4) is 0 Å². The first kappa shape index (κ1) is 15.6. The van der Waals surface area contributed by atoms with E-state index in [9.17, 15) is 10.0 Å². The topological polar surface area (TPSA) is 58.9 Å². The van der Waals surface area contributed by atoms with Crippen LogP contribution in [0.25, 0.3) is 10.8 Å². The lowest BCUT2D eigenvalue weighted by Crippen LogP contribution is -2.41. The van der Waals surface area contributed by atoms with E-state index in [4.69, 9.17) is 9.31 Å². The Morgan fingerprint density at radius 1 is 0.955 bits per heavy atom. The van der Waals surface area contributed by atoms with E-state index in [1.54, 1.807) is 6.07 Å². The Morgan fingerprint density at radius 3 is 2.14 bits per heavy atom.